The number of methoxy groups -OCH3 is 1. The van der Waals surface area contributed by atoms with Gasteiger partial charge >= 0.3 is 0 Å². The average Bonchev–Trinajstić information content (AvgIpc) is 2.50. The molecule has 114 valence electrons. The van der Waals surface area contributed by atoms with Crippen LogP contribution in [0.4, 0.5) is 11.4 Å². The van der Waals surface area contributed by atoms with Crippen LogP contribution in [0.1, 0.15) is 0 Å². The van der Waals surface area contributed by atoms with Crippen LogP contribution >= 0.6 is 11.8 Å². The van der Waals surface area contributed by atoms with E-state index in [1.165, 1.54) is 7.11 Å². The lowest BCUT2D eigenvalue weighted by molar-refractivity contribution is -0.119. The minimum atomic E-state index is -0.210. The van der Waals surface area contributed by atoms with Gasteiger partial charge in [-0.25, -0.2) is 0 Å². The SMILES string of the molecule is COCC(=O)Nc1ccc(NC(=O)C2CSCCN2)cc1. The molecule has 1 saturated heterocycles. The van der Waals surface area contributed by atoms with Gasteiger partial charge in [-0.15, -0.1) is 0 Å². The summed E-state index contributed by atoms with van der Waals surface area (Å²) >= 11 is 1.77. The quantitative estimate of drug-likeness (QED) is 0.753. The molecule has 0 spiro atoms. The third-order valence-corrected chi connectivity index (χ3v) is 4.01. The molecule has 0 aliphatic carbocycles. The Bertz CT molecular complexity index is 487. The molecule has 1 aromatic rings. The summed E-state index contributed by atoms with van der Waals surface area (Å²) in [5, 5.41) is 8.75. The van der Waals surface area contributed by atoms with Crippen LogP contribution in [0.25, 0.3) is 0 Å². The molecule has 3 N–H and O–H groups in total. The number of ether oxygens (including phenoxy) is 1. The molecule has 1 aromatic carbocycles. The smallest absolute Gasteiger partial charge is 0.250 e. The van der Waals surface area contributed by atoms with Crippen molar-refractivity contribution in [2.75, 3.05) is 42.4 Å². The normalized spacial score (nSPS) is 18.0. The Morgan fingerprint density at radius 1 is 1.29 bits per heavy atom. The molecule has 7 heteroatoms. The molecule has 0 radical (unpaired) electrons. The Balaban J connectivity index is 1.86. The molecule has 1 fully saturated rings. The zero-order chi connectivity index (χ0) is 15.1. The summed E-state index contributed by atoms with van der Waals surface area (Å²) in [6, 6.07) is 6.86. The van der Waals surface area contributed by atoms with E-state index in [2.05, 4.69) is 16.0 Å². The van der Waals surface area contributed by atoms with Crippen LogP contribution in [-0.4, -0.2) is 49.6 Å². The van der Waals surface area contributed by atoms with Crippen molar-refractivity contribution in [3.05, 3.63) is 24.3 Å². The zero-order valence-electron chi connectivity index (χ0n) is 11.8. The number of hydrogen-bond acceptors (Lipinski definition) is 5. The fourth-order valence-corrected chi connectivity index (χ4v) is 2.86. The van der Waals surface area contributed by atoms with Crippen molar-refractivity contribution >= 4 is 35.0 Å². The maximum Gasteiger partial charge on any atom is 0.250 e. The fourth-order valence-electron chi connectivity index (χ4n) is 1.93. The molecule has 0 saturated carbocycles. The van der Waals surface area contributed by atoms with Crippen molar-refractivity contribution in [3.8, 4) is 0 Å². The largest absolute Gasteiger partial charge is 0.375 e. The molecule has 1 aliphatic rings. The second-order valence-corrected chi connectivity index (χ2v) is 5.78. The van der Waals surface area contributed by atoms with Gasteiger partial charge in [0.05, 0.1) is 6.04 Å². The molecule has 1 unspecified atom stereocenters. The molecular formula is C14H19N3O3S. The topological polar surface area (TPSA) is 79.5 Å². The summed E-state index contributed by atoms with van der Waals surface area (Å²) in [6.07, 6.45) is 0. The number of hydrogen-bond donors (Lipinski definition) is 3. The number of benzene rings is 1. The predicted octanol–water partition coefficient (Wildman–Crippen LogP) is 0.915. The highest BCUT2D eigenvalue weighted by atomic mass is 32.2. The number of amides is 2. The van der Waals surface area contributed by atoms with E-state index >= 15 is 0 Å². The first-order chi connectivity index (χ1) is 10.2. The summed E-state index contributed by atoms with van der Waals surface area (Å²) in [5.41, 5.74) is 1.38. The van der Waals surface area contributed by atoms with Gasteiger partial charge in [0.2, 0.25) is 11.8 Å². The maximum absolute atomic E-state index is 12.0. The number of anilines is 2. The summed E-state index contributed by atoms with van der Waals surface area (Å²) in [4.78, 5) is 23.4. The standard InChI is InChI=1S/C14H19N3O3S/c1-20-8-13(18)16-10-2-4-11(5-3-10)17-14(19)12-9-21-7-6-15-12/h2-5,12,15H,6-9H2,1H3,(H,16,18)(H,17,19). The van der Waals surface area contributed by atoms with Gasteiger partial charge in [-0.05, 0) is 24.3 Å². The molecule has 2 amide bonds. The third-order valence-electron chi connectivity index (χ3n) is 2.95. The number of carbonyl (C=O) groups excluding carboxylic acids is 2. The fraction of sp³-hybridized carbons (Fsp3) is 0.429. The zero-order valence-corrected chi connectivity index (χ0v) is 12.7. The van der Waals surface area contributed by atoms with E-state index < -0.39 is 0 Å². The van der Waals surface area contributed by atoms with Gasteiger partial charge in [0.15, 0.2) is 0 Å². The lowest BCUT2D eigenvalue weighted by Gasteiger charge is -2.22. The van der Waals surface area contributed by atoms with E-state index in [4.69, 9.17) is 4.74 Å². The Hall–Kier alpha value is -1.57. The van der Waals surface area contributed by atoms with E-state index in [-0.39, 0.29) is 24.5 Å². The summed E-state index contributed by atoms with van der Waals surface area (Å²) in [6.45, 7) is 0.872. The Labute approximate surface area is 128 Å². The molecule has 2 rings (SSSR count). The Morgan fingerprint density at radius 2 is 1.95 bits per heavy atom. The molecule has 0 bridgehead atoms. The van der Waals surface area contributed by atoms with Crippen molar-refractivity contribution < 1.29 is 14.3 Å². The highest BCUT2D eigenvalue weighted by Crippen LogP contribution is 2.15. The Kier molecular flexibility index (Phi) is 6.04. The van der Waals surface area contributed by atoms with Gasteiger partial charge in [0, 0.05) is 36.5 Å². The van der Waals surface area contributed by atoms with Crippen LogP contribution in [0, 0.1) is 0 Å². The Morgan fingerprint density at radius 3 is 2.52 bits per heavy atom. The van der Waals surface area contributed by atoms with Crippen LogP contribution in [0.15, 0.2) is 24.3 Å². The third kappa shape index (κ3) is 5.04. The first-order valence-electron chi connectivity index (χ1n) is 6.70. The number of thioether (sulfide) groups is 1. The maximum atomic E-state index is 12.0. The number of nitrogens with one attached hydrogen (secondary N) is 3. The van der Waals surface area contributed by atoms with Gasteiger partial charge in [0.25, 0.3) is 0 Å². The highest BCUT2D eigenvalue weighted by molar-refractivity contribution is 7.99. The van der Waals surface area contributed by atoms with E-state index in [1.54, 1.807) is 36.0 Å². The summed E-state index contributed by atoms with van der Waals surface area (Å²) < 4.78 is 4.74. The number of carbonyl (C=O) groups is 2. The van der Waals surface area contributed by atoms with Crippen molar-refractivity contribution in [3.63, 3.8) is 0 Å². The molecule has 21 heavy (non-hydrogen) atoms. The van der Waals surface area contributed by atoms with Crippen LogP contribution in [0.5, 0.6) is 0 Å². The first-order valence-corrected chi connectivity index (χ1v) is 7.85. The lowest BCUT2D eigenvalue weighted by Crippen LogP contribution is -2.46. The van der Waals surface area contributed by atoms with E-state index in [9.17, 15) is 9.59 Å². The second-order valence-electron chi connectivity index (χ2n) is 4.63. The van der Waals surface area contributed by atoms with Crippen molar-refractivity contribution in [2.45, 2.75) is 6.04 Å². The van der Waals surface area contributed by atoms with Crippen molar-refractivity contribution in [1.82, 2.24) is 5.32 Å². The molecule has 0 aromatic heterocycles. The molecule has 1 heterocycles. The van der Waals surface area contributed by atoms with Crippen LogP contribution in [0.3, 0.4) is 0 Å². The van der Waals surface area contributed by atoms with Crippen molar-refractivity contribution in [1.29, 1.82) is 0 Å². The molecule has 6 nitrogen and oxygen atoms in total. The first kappa shape index (κ1) is 15.8. The van der Waals surface area contributed by atoms with Gasteiger partial charge in [-0.2, -0.15) is 11.8 Å². The second kappa shape index (κ2) is 8.02. The average molecular weight is 309 g/mol. The van der Waals surface area contributed by atoms with E-state index in [0.717, 1.165) is 18.1 Å². The lowest BCUT2D eigenvalue weighted by atomic mass is 10.2. The van der Waals surface area contributed by atoms with Gasteiger partial charge in [-0.3, -0.25) is 9.59 Å². The van der Waals surface area contributed by atoms with Crippen molar-refractivity contribution in [2.24, 2.45) is 0 Å². The molecule has 1 atom stereocenters. The van der Waals surface area contributed by atoms with E-state index in [1.807, 2.05) is 0 Å². The molecular weight excluding hydrogens is 290 g/mol. The minimum Gasteiger partial charge on any atom is -0.375 e. The molecule has 1 aliphatic heterocycles. The predicted molar refractivity (Wildman–Crippen MR) is 84.7 cm³/mol. The van der Waals surface area contributed by atoms with Gasteiger partial charge in [0.1, 0.15) is 6.61 Å². The van der Waals surface area contributed by atoms with Crippen LogP contribution < -0.4 is 16.0 Å². The van der Waals surface area contributed by atoms with E-state index in [0.29, 0.717) is 11.4 Å². The minimum absolute atomic E-state index is 0.0174. The van der Waals surface area contributed by atoms with Gasteiger partial charge < -0.3 is 20.7 Å². The van der Waals surface area contributed by atoms with Crippen LogP contribution in [0.2, 0.25) is 0 Å². The highest BCUT2D eigenvalue weighted by Gasteiger charge is 2.20. The van der Waals surface area contributed by atoms with Gasteiger partial charge in [-0.1, -0.05) is 0 Å². The van der Waals surface area contributed by atoms with Crippen LogP contribution in [-0.2, 0) is 14.3 Å². The summed E-state index contributed by atoms with van der Waals surface area (Å²) in [7, 11) is 1.47. The number of rotatable bonds is 5. The summed E-state index contributed by atoms with van der Waals surface area (Å²) in [5.74, 6) is 1.59. The monoisotopic (exact) mass is 309 g/mol.